The number of hydrogen-bond donors (Lipinski definition) is 3. The third-order valence-corrected chi connectivity index (χ3v) is 3.66. The molecule has 3 aromatic rings. The van der Waals surface area contributed by atoms with Crippen molar-refractivity contribution < 1.29 is 4.79 Å². The van der Waals surface area contributed by atoms with Crippen LogP contribution < -0.4 is 5.69 Å². The maximum atomic E-state index is 12.7. The molecule has 0 unspecified atom stereocenters. The zero-order chi connectivity index (χ0) is 15.7. The van der Waals surface area contributed by atoms with Gasteiger partial charge < -0.3 is 9.88 Å². The number of H-pyrrole nitrogens is 3. The lowest BCUT2D eigenvalue weighted by Gasteiger charge is -2.15. The van der Waals surface area contributed by atoms with Gasteiger partial charge in [-0.2, -0.15) is 5.10 Å². The zero-order valence-electron chi connectivity index (χ0n) is 12.4. The summed E-state index contributed by atoms with van der Waals surface area (Å²) in [5, 5.41) is 7.17. The molecule has 7 nitrogen and oxygen atoms in total. The molecule has 1 aromatic carbocycles. The van der Waals surface area contributed by atoms with Crippen molar-refractivity contribution in [2.24, 2.45) is 0 Å². The standard InChI is InChI=1S/C15H17N5O2/c1-3-9-10-6-4-5-7-11(10)16-13(9)14(21)20(2)8-12-17-15(22)19-18-12/h4-7,16H,3,8H2,1-2H3,(H2,17,18,19,22). The SMILES string of the molecule is CCc1c(C(=O)N(C)Cc2n[nH]c(=O)[nH]2)[nH]c2ccccc12. The van der Waals surface area contributed by atoms with E-state index in [2.05, 4.69) is 20.2 Å². The maximum absolute atomic E-state index is 12.7. The number of fused-ring (bicyclic) bond motifs is 1. The van der Waals surface area contributed by atoms with Crippen molar-refractivity contribution in [2.75, 3.05) is 7.05 Å². The number of aryl methyl sites for hydroxylation is 1. The molecule has 3 rings (SSSR count). The van der Waals surface area contributed by atoms with E-state index in [1.54, 1.807) is 7.05 Å². The van der Waals surface area contributed by atoms with Crippen LogP contribution in [-0.4, -0.2) is 38.0 Å². The molecule has 7 heteroatoms. The molecule has 0 atom stereocenters. The van der Waals surface area contributed by atoms with Gasteiger partial charge in [0.25, 0.3) is 5.91 Å². The predicted octanol–water partition coefficient (Wildman–Crippen LogP) is 1.41. The number of benzene rings is 1. The van der Waals surface area contributed by atoms with Gasteiger partial charge in [0.15, 0.2) is 5.82 Å². The third kappa shape index (κ3) is 2.41. The number of aromatic amines is 3. The second-order valence-electron chi connectivity index (χ2n) is 5.16. The summed E-state index contributed by atoms with van der Waals surface area (Å²) in [5.41, 5.74) is 2.16. The minimum atomic E-state index is -0.379. The van der Waals surface area contributed by atoms with Crippen molar-refractivity contribution in [3.05, 3.63) is 51.8 Å². The molecule has 2 aromatic heterocycles. The van der Waals surface area contributed by atoms with Crippen LogP contribution in [0.3, 0.4) is 0 Å². The van der Waals surface area contributed by atoms with E-state index in [0.29, 0.717) is 11.5 Å². The first-order valence-electron chi connectivity index (χ1n) is 7.08. The number of nitrogens with one attached hydrogen (secondary N) is 3. The Bertz CT molecular complexity index is 873. The normalized spacial score (nSPS) is 11.0. The number of rotatable bonds is 4. The minimum absolute atomic E-state index is 0.128. The van der Waals surface area contributed by atoms with Crippen LogP contribution in [0.1, 0.15) is 28.8 Å². The molecular formula is C15H17N5O2. The van der Waals surface area contributed by atoms with E-state index < -0.39 is 0 Å². The van der Waals surface area contributed by atoms with Crippen LogP contribution in [0.4, 0.5) is 0 Å². The second-order valence-corrected chi connectivity index (χ2v) is 5.16. The van der Waals surface area contributed by atoms with Gasteiger partial charge in [-0.25, -0.2) is 9.89 Å². The number of amides is 1. The van der Waals surface area contributed by atoms with E-state index in [9.17, 15) is 9.59 Å². The van der Waals surface area contributed by atoms with Crippen molar-refractivity contribution in [3.63, 3.8) is 0 Å². The second kappa shape index (κ2) is 5.51. The summed E-state index contributed by atoms with van der Waals surface area (Å²) < 4.78 is 0. The quantitative estimate of drug-likeness (QED) is 0.679. The van der Waals surface area contributed by atoms with Crippen molar-refractivity contribution >= 4 is 16.8 Å². The molecule has 0 spiro atoms. The molecule has 1 amide bonds. The number of para-hydroxylation sites is 1. The maximum Gasteiger partial charge on any atom is 0.340 e. The average Bonchev–Trinajstić information content (AvgIpc) is 3.09. The van der Waals surface area contributed by atoms with Crippen molar-refractivity contribution in [2.45, 2.75) is 19.9 Å². The molecule has 2 heterocycles. The summed E-state index contributed by atoms with van der Waals surface area (Å²) in [6.45, 7) is 2.26. The Morgan fingerprint density at radius 2 is 2.05 bits per heavy atom. The number of aromatic nitrogens is 4. The molecule has 114 valence electrons. The summed E-state index contributed by atoms with van der Waals surface area (Å²) in [6, 6.07) is 7.86. The molecule has 0 aliphatic rings. The minimum Gasteiger partial charge on any atom is -0.350 e. The number of nitrogens with zero attached hydrogens (tertiary/aromatic N) is 2. The van der Waals surface area contributed by atoms with E-state index >= 15 is 0 Å². The van der Waals surface area contributed by atoms with Crippen LogP contribution in [-0.2, 0) is 13.0 Å². The largest absolute Gasteiger partial charge is 0.350 e. The number of carbonyl (C=O) groups is 1. The average molecular weight is 299 g/mol. The van der Waals surface area contributed by atoms with Crippen molar-refractivity contribution in [1.82, 2.24) is 25.1 Å². The lowest BCUT2D eigenvalue weighted by Crippen LogP contribution is -2.28. The van der Waals surface area contributed by atoms with E-state index in [1.165, 1.54) is 4.90 Å². The molecular weight excluding hydrogens is 282 g/mol. The highest BCUT2D eigenvalue weighted by Crippen LogP contribution is 2.23. The van der Waals surface area contributed by atoms with Crippen LogP contribution >= 0.6 is 0 Å². The van der Waals surface area contributed by atoms with E-state index in [-0.39, 0.29) is 18.1 Å². The van der Waals surface area contributed by atoms with E-state index in [4.69, 9.17) is 0 Å². The van der Waals surface area contributed by atoms with Crippen LogP contribution in [0.25, 0.3) is 10.9 Å². The molecule has 0 bridgehead atoms. The zero-order valence-corrected chi connectivity index (χ0v) is 12.4. The van der Waals surface area contributed by atoms with Crippen molar-refractivity contribution in [3.8, 4) is 0 Å². The summed E-state index contributed by atoms with van der Waals surface area (Å²) in [6.07, 6.45) is 0.762. The fraction of sp³-hybridized carbons (Fsp3) is 0.267. The van der Waals surface area contributed by atoms with Crippen LogP contribution in [0.5, 0.6) is 0 Å². The summed E-state index contributed by atoms with van der Waals surface area (Å²) in [7, 11) is 1.68. The molecule has 0 aliphatic heterocycles. The first kappa shape index (κ1) is 14.1. The Balaban J connectivity index is 1.92. The first-order chi connectivity index (χ1) is 10.6. The molecule has 22 heavy (non-hydrogen) atoms. The first-order valence-corrected chi connectivity index (χ1v) is 7.08. The Kier molecular flexibility index (Phi) is 3.54. The van der Waals surface area contributed by atoms with Gasteiger partial charge in [0.05, 0.1) is 6.54 Å². The molecule has 0 saturated carbocycles. The smallest absolute Gasteiger partial charge is 0.340 e. The predicted molar refractivity (Wildman–Crippen MR) is 82.7 cm³/mol. The van der Waals surface area contributed by atoms with Crippen LogP contribution in [0, 0.1) is 0 Å². The number of hydrogen-bond acceptors (Lipinski definition) is 3. The summed E-state index contributed by atoms with van der Waals surface area (Å²) in [5.74, 6) is 0.298. The van der Waals surface area contributed by atoms with Gasteiger partial charge in [-0.15, -0.1) is 0 Å². The van der Waals surface area contributed by atoms with Gasteiger partial charge >= 0.3 is 5.69 Å². The van der Waals surface area contributed by atoms with Crippen LogP contribution in [0.2, 0.25) is 0 Å². The van der Waals surface area contributed by atoms with Gasteiger partial charge in [-0.3, -0.25) is 9.78 Å². The van der Waals surface area contributed by atoms with Crippen LogP contribution in [0.15, 0.2) is 29.1 Å². The highest BCUT2D eigenvalue weighted by Gasteiger charge is 2.20. The van der Waals surface area contributed by atoms with Gasteiger partial charge in [-0.1, -0.05) is 25.1 Å². The fourth-order valence-corrected chi connectivity index (χ4v) is 2.62. The van der Waals surface area contributed by atoms with Gasteiger partial charge in [0, 0.05) is 18.0 Å². The molecule has 0 radical (unpaired) electrons. The summed E-state index contributed by atoms with van der Waals surface area (Å²) in [4.78, 5) is 31.0. The third-order valence-electron chi connectivity index (χ3n) is 3.66. The highest BCUT2D eigenvalue weighted by molar-refractivity contribution is 6.00. The Labute approximate surface area is 126 Å². The summed E-state index contributed by atoms with van der Waals surface area (Å²) >= 11 is 0. The molecule has 3 N–H and O–H groups in total. The molecule has 0 aliphatic carbocycles. The Morgan fingerprint density at radius 3 is 2.73 bits per heavy atom. The van der Waals surface area contributed by atoms with Gasteiger partial charge in [0.2, 0.25) is 0 Å². The van der Waals surface area contributed by atoms with E-state index in [0.717, 1.165) is 22.9 Å². The monoisotopic (exact) mass is 299 g/mol. The molecule has 0 fully saturated rings. The highest BCUT2D eigenvalue weighted by atomic mass is 16.2. The lowest BCUT2D eigenvalue weighted by atomic mass is 10.1. The Hall–Kier alpha value is -2.83. The van der Waals surface area contributed by atoms with Gasteiger partial charge in [0.1, 0.15) is 5.69 Å². The topological polar surface area (TPSA) is 97.6 Å². The van der Waals surface area contributed by atoms with E-state index in [1.807, 2.05) is 31.2 Å². The van der Waals surface area contributed by atoms with Gasteiger partial charge in [-0.05, 0) is 18.1 Å². The fourth-order valence-electron chi connectivity index (χ4n) is 2.62. The Morgan fingerprint density at radius 1 is 1.27 bits per heavy atom. The molecule has 0 saturated heterocycles. The lowest BCUT2D eigenvalue weighted by molar-refractivity contribution is 0.0775. The van der Waals surface area contributed by atoms with Crippen molar-refractivity contribution in [1.29, 1.82) is 0 Å². The number of carbonyl (C=O) groups excluding carboxylic acids is 1.